The Balaban J connectivity index is 2.30. The smallest absolute Gasteiger partial charge is 0.160 e. The van der Waals surface area contributed by atoms with E-state index in [-0.39, 0.29) is 0 Å². The molecule has 0 atom stereocenters. The van der Waals surface area contributed by atoms with Crippen LogP contribution in [0.25, 0.3) is 0 Å². The van der Waals surface area contributed by atoms with Crippen LogP contribution in [0.3, 0.4) is 0 Å². The predicted molar refractivity (Wildman–Crippen MR) is 59.1 cm³/mol. The van der Waals surface area contributed by atoms with Gasteiger partial charge in [0.25, 0.3) is 0 Å². The van der Waals surface area contributed by atoms with Gasteiger partial charge in [0.15, 0.2) is 11.6 Å². The van der Waals surface area contributed by atoms with Crippen LogP contribution in [0.4, 0.5) is 14.5 Å². The molecular formula is C10H11BrF2N2. The number of rotatable bonds is 1. The minimum atomic E-state index is -0.819. The van der Waals surface area contributed by atoms with Crippen LogP contribution >= 0.6 is 15.9 Å². The van der Waals surface area contributed by atoms with Gasteiger partial charge in [-0.05, 0) is 22.0 Å². The number of hydrogen-bond donors (Lipinski definition) is 1. The van der Waals surface area contributed by atoms with Crippen LogP contribution in [-0.2, 0) is 0 Å². The monoisotopic (exact) mass is 276 g/mol. The molecule has 0 aliphatic carbocycles. The lowest BCUT2D eigenvalue weighted by Crippen LogP contribution is -2.43. The van der Waals surface area contributed by atoms with E-state index in [0.29, 0.717) is 4.47 Å². The average molecular weight is 277 g/mol. The van der Waals surface area contributed by atoms with Gasteiger partial charge >= 0.3 is 0 Å². The number of hydrogen-bond acceptors (Lipinski definition) is 2. The Hall–Kier alpha value is -0.680. The second kappa shape index (κ2) is 4.45. The minimum absolute atomic E-state index is 0.600. The van der Waals surface area contributed by atoms with Crippen molar-refractivity contribution in [3.05, 3.63) is 28.2 Å². The molecule has 0 amide bonds. The fourth-order valence-corrected chi connectivity index (χ4v) is 2.23. The van der Waals surface area contributed by atoms with Crippen LogP contribution in [0.2, 0.25) is 0 Å². The number of halogens is 3. The first-order chi connectivity index (χ1) is 7.18. The molecule has 0 radical (unpaired) electrons. The van der Waals surface area contributed by atoms with Crippen molar-refractivity contribution in [1.82, 2.24) is 5.32 Å². The molecule has 0 aromatic heterocycles. The molecule has 1 aliphatic rings. The van der Waals surface area contributed by atoms with Gasteiger partial charge in [0.1, 0.15) is 0 Å². The van der Waals surface area contributed by atoms with E-state index < -0.39 is 11.6 Å². The van der Waals surface area contributed by atoms with Gasteiger partial charge in [-0.2, -0.15) is 0 Å². The maximum atomic E-state index is 13.1. The Morgan fingerprint density at radius 1 is 1.13 bits per heavy atom. The Bertz CT molecular complexity index is 365. The van der Waals surface area contributed by atoms with E-state index >= 15 is 0 Å². The van der Waals surface area contributed by atoms with Gasteiger partial charge in [-0.25, -0.2) is 8.78 Å². The summed E-state index contributed by atoms with van der Waals surface area (Å²) in [5.41, 5.74) is 0.718. The molecule has 5 heteroatoms. The van der Waals surface area contributed by atoms with Gasteiger partial charge in [0.2, 0.25) is 0 Å². The average Bonchev–Trinajstić information content (AvgIpc) is 2.25. The molecule has 0 spiro atoms. The van der Waals surface area contributed by atoms with Gasteiger partial charge in [-0.15, -0.1) is 0 Å². The maximum Gasteiger partial charge on any atom is 0.160 e. The SMILES string of the molecule is Fc1cc(Br)c(N2CCNCC2)cc1F. The van der Waals surface area contributed by atoms with Crippen molar-refractivity contribution in [1.29, 1.82) is 0 Å². The molecule has 2 rings (SSSR count). The van der Waals surface area contributed by atoms with Crippen LogP contribution in [-0.4, -0.2) is 26.2 Å². The molecular weight excluding hydrogens is 266 g/mol. The molecule has 2 nitrogen and oxygen atoms in total. The quantitative estimate of drug-likeness (QED) is 0.791. The van der Waals surface area contributed by atoms with Crippen molar-refractivity contribution >= 4 is 21.6 Å². The summed E-state index contributed by atoms with van der Waals surface area (Å²) in [7, 11) is 0. The second-order valence-corrected chi connectivity index (χ2v) is 4.31. The van der Waals surface area contributed by atoms with E-state index in [1.807, 2.05) is 4.90 Å². The van der Waals surface area contributed by atoms with E-state index in [4.69, 9.17) is 0 Å². The number of anilines is 1. The molecule has 0 saturated carbocycles. The molecule has 1 heterocycles. The summed E-state index contributed by atoms with van der Waals surface area (Å²) in [5.74, 6) is -1.62. The van der Waals surface area contributed by atoms with Crippen molar-refractivity contribution in [3.63, 3.8) is 0 Å². The van der Waals surface area contributed by atoms with Crippen molar-refractivity contribution in [3.8, 4) is 0 Å². The third kappa shape index (κ3) is 2.29. The predicted octanol–water partition coefficient (Wildman–Crippen LogP) is 2.14. The number of nitrogens with zero attached hydrogens (tertiary/aromatic N) is 1. The normalized spacial score (nSPS) is 16.9. The van der Waals surface area contributed by atoms with Crippen molar-refractivity contribution < 1.29 is 8.78 Å². The topological polar surface area (TPSA) is 15.3 Å². The van der Waals surface area contributed by atoms with Crippen molar-refractivity contribution in [2.24, 2.45) is 0 Å². The fourth-order valence-electron chi connectivity index (χ4n) is 1.66. The molecule has 1 aromatic carbocycles. The van der Waals surface area contributed by atoms with Crippen molar-refractivity contribution in [2.45, 2.75) is 0 Å². The van der Waals surface area contributed by atoms with E-state index in [2.05, 4.69) is 21.2 Å². The third-order valence-electron chi connectivity index (χ3n) is 2.45. The maximum absolute atomic E-state index is 13.1. The summed E-state index contributed by atoms with van der Waals surface area (Å²) < 4.78 is 26.6. The van der Waals surface area contributed by atoms with E-state index in [1.54, 1.807) is 0 Å². The molecule has 1 aliphatic heterocycles. The molecule has 82 valence electrons. The highest BCUT2D eigenvalue weighted by atomic mass is 79.9. The van der Waals surface area contributed by atoms with Gasteiger partial charge in [0, 0.05) is 36.7 Å². The first kappa shape index (κ1) is 10.8. The molecule has 0 unspecified atom stereocenters. The van der Waals surface area contributed by atoms with Gasteiger partial charge in [0.05, 0.1) is 5.69 Å². The summed E-state index contributed by atoms with van der Waals surface area (Å²) in [5, 5.41) is 3.21. The van der Waals surface area contributed by atoms with Crippen LogP contribution in [0.5, 0.6) is 0 Å². The Morgan fingerprint density at radius 3 is 2.40 bits per heavy atom. The van der Waals surface area contributed by atoms with Crippen LogP contribution in [0.1, 0.15) is 0 Å². The third-order valence-corrected chi connectivity index (χ3v) is 3.08. The van der Waals surface area contributed by atoms with Crippen LogP contribution in [0.15, 0.2) is 16.6 Å². The van der Waals surface area contributed by atoms with E-state index in [1.165, 1.54) is 12.1 Å². The van der Waals surface area contributed by atoms with Gasteiger partial charge < -0.3 is 10.2 Å². The Labute approximate surface area is 95.4 Å². The first-order valence-corrected chi connectivity index (χ1v) is 5.58. The minimum Gasteiger partial charge on any atom is -0.368 e. The highest BCUT2D eigenvalue weighted by Gasteiger charge is 2.15. The zero-order valence-electron chi connectivity index (χ0n) is 8.06. The summed E-state index contributed by atoms with van der Waals surface area (Å²) in [4.78, 5) is 2.03. The fraction of sp³-hybridized carbons (Fsp3) is 0.400. The van der Waals surface area contributed by atoms with Crippen LogP contribution < -0.4 is 10.2 Å². The molecule has 1 aromatic rings. The molecule has 1 N–H and O–H groups in total. The largest absolute Gasteiger partial charge is 0.368 e. The zero-order chi connectivity index (χ0) is 10.8. The zero-order valence-corrected chi connectivity index (χ0v) is 9.65. The first-order valence-electron chi connectivity index (χ1n) is 4.78. The summed E-state index contributed by atoms with van der Waals surface area (Å²) in [6.45, 7) is 3.35. The Morgan fingerprint density at radius 2 is 1.73 bits per heavy atom. The highest BCUT2D eigenvalue weighted by molar-refractivity contribution is 9.10. The molecule has 15 heavy (non-hydrogen) atoms. The van der Waals surface area contributed by atoms with Crippen molar-refractivity contribution in [2.75, 3.05) is 31.1 Å². The second-order valence-electron chi connectivity index (χ2n) is 3.45. The van der Waals surface area contributed by atoms with Crippen LogP contribution in [0, 0.1) is 11.6 Å². The van der Waals surface area contributed by atoms with E-state index in [0.717, 1.165) is 31.9 Å². The molecule has 1 saturated heterocycles. The number of benzene rings is 1. The standard InChI is InChI=1S/C10H11BrF2N2/c11-7-5-8(12)9(13)6-10(7)15-3-1-14-2-4-15/h5-6,14H,1-4H2. The van der Waals surface area contributed by atoms with Gasteiger partial charge in [-0.3, -0.25) is 0 Å². The molecule has 1 fully saturated rings. The molecule has 0 bridgehead atoms. The number of piperazine rings is 1. The number of nitrogens with one attached hydrogen (secondary N) is 1. The lowest BCUT2D eigenvalue weighted by molar-refractivity contribution is 0.506. The lowest BCUT2D eigenvalue weighted by Gasteiger charge is -2.30. The Kier molecular flexibility index (Phi) is 3.21. The lowest BCUT2D eigenvalue weighted by atomic mass is 10.2. The van der Waals surface area contributed by atoms with Gasteiger partial charge in [-0.1, -0.05) is 0 Å². The summed E-state index contributed by atoms with van der Waals surface area (Å²) in [6, 6.07) is 2.41. The van der Waals surface area contributed by atoms with E-state index in [9.17, 15) is 8.78 Å². The highest BCUT2D eigenvalue weighted by Crippen LogP contribution is 2.28. The summed E-state index contributed by atoms with van der Waals surface area (Å²) in [6.07, 6.45) is 0. The summed E-state index contributed by atoms with van der Waals surface area (Å²) >= 11 is 3.25.